The maximum Gasteiger partial charge on any atom is 0.139 e. The second kappa shape index (κ2) is 5.72. The predicted molar refractivity (Wildman–Crippen MR) is 81.5 cm³/mol. The lowest BCUT2D eigenvalue weighted by molar-refractivity contribution is 0.0817. The van der Waals surface area contributed by atoms with Crippen LogP contribution < -0.4 is 0 Å². The molecule has 1 heterocycles. The summed E-state index contributed by atoms with van der Waals surface area (Å²) in [6, 6.07) is 4.41. The average Bonchev–Trinajstić information content (AvgIpc) is 2.66. The normalized spacial score (nSPS) is 12.3. The fourth-order valence-corrected chi connectivity index (χ4v) is 2.91. The molecule has 2 rings (SSSR count). The first-order valence-electron chi connectivity index (χ1n) is 6.25. The Morgan fingerprint density at radius 1 is 1.37 bits per heavy atom. The summed E-state index contributed by atoms with van der Waals surface area (Å²) in [5, 5.41) is 4.70. The standard InChI is InChI=1S/C13H18BrFN2OSi/c1-19(2,3)5-4-18-9-17-13-7-10(14)6-12(15)11(13)8-16-17/h6-8H,4-5,9H2,1-3H3. The lowest BCUT2D eigenvalue weighted by Crippen LogP contribution is -2.22. The molecule has 2 aromatic rings. The van der Waals surface area contributed by atoms with E-state index in [1.807, 2.05) is 6.07 Å². The Kier molecular flexibility index (Phi) is 4.42. The summed E-state index contributed by atoms with van der Waals surface area (Å²) in [6.07, 6.45) is 1.54. The summed E-state index contributed by atoms with van der Waals surface area (Å²) in [6.45, 7) is 8.03. The van der Waals surface area contributed by atoms with Crippen LogP contribution in [0.25, 0.3) is 10.9 Å². The Morgan fingerprint density at radius 3 is 2.79 bits per heavy atom. The van der Waals surface area contributed by atoms with Gasteiger partial charge in [-0.3, -0.25) is 0 Å². The van der Waals surface area contributed by atoms with Gasteiger partial charge in [0, 0.05) is 19.2 Å². The first-order valence-corrected chi connectivity index (χ1v) is 10.8. The molecule has 1 aromatic carbocycles. The molecule has 3 nitrogen and oxygen atoms in total. The van der Waals surface area contributed by atoms with Crippen LogP contribution in [-0.4, -0.2) is 24.5 Å². The minimum atomic E-state index is -1.07. The van der Waals surface area contributed by atoms with Gasteiger partial charge in [0.05, 0.1) is 17.1 Å². The molecule has 0 amide bonds. The molecule has 0 unspecified atom stereocenters. The van der Waals surface area contributed by atoms with Crippen molar-refractivity contribution >= 4 is 34.9 Å². The summed E-state index contributed by atoms with van der Waals surface area (Å²) in [5.41, 5.74) is 0.750. The highest BCUT2D eigenvalue weighted by atomic mass is 79.9. The first kappa shape index (κ1) is 14.7. The lowest BCUT2D eigenvalue weighted by atomic mass is 10.2. The molecular weight excluding hydrogens is 327 g/mol. The highest BCUT2D eigenvalue weighted by Gasteiger charge is 2.13. The molecule has 104 valence electrons. The van der Waals surface area contributed by atoms with E-state index in [9.17, 15) is 4.39 Å². The van der Waals surface area contributed by atoms with Crippen molar-refractivity contribution in [3.05, 3.63) is 28.6 Å². The van der Waals surface area contributed by atoms with E-state index >= 15 is 0 Å². The molecule has 0 saturated carbocycles. The summed E-state index contributed by atoms with van der Waals surface area (Å²) in [4.78, 5) is 0. The first-order chi connectivity index (χ1) is 8.87. The fourth-order valence-electron chi connectivity index (χ4n) is 1.73. The van der Waals surface area contributed by atoms with E-state index < -0.39 is 8.07 Å². The zero-order valence-corrected chi connectivity index (χ0v) is 14.0. The molecular formula is C13H18BrFN2OSi. The van der Waals surface area contributed by atoms with Crippen molar-refractivity contribution in [2.45, 2.75) is 32.4 Å². The van der Waals surface area contributed by atoms with Crippen LogP contribution >= 0.6 is 15.9 Å². The lowest BCUT2D eigenvalue weighted by Gasteiger charge is -2.15. The quantitative estimate of drug-likeness (QED) is 0.598. The number of halogens is 2. The molecule has 19 heavy (non-hydrogen) atoms. The van der Waals surface area contributed by atoms with Gasteiger partial charge < -0.3 is 4.74 Å². The number of aromatic nitrogens is 2. The molecule has 6 heteroatoms. The van der Waals surface area contributed by atoms with Crippen LogP contribution in [-0.2, 0) is 11.5 Å². The average molecular weight is 345 g/mol. The molecule has 0 atom stereocenters. The van der Waals surface area contributed by atoms with E-state index in [1.165, 1.54) is 6.07 Å². The fraction of sp³-hybridized carbons (Fsp3) is 0.462. The monoisotopic (exact) mass is 344 g/mol. The van der Waals surface area contributed by atoms with Crippen LogP contribution in [0.5, 0.6) is 0 Å². The maximum atomic E-state index is 13.7. The van der Waals surface area contributed by atoms with Gasteiger partial charge in [0.15, 0.2) is 0 Å². The van der Waals surface area contributed by atoms with E-state index in [0.29, 0.717) is 16.6 Å². The van der Waals surface area contributed by atoms with Crippen molar-refractivity contribution in [3.8, 4) is 0 Å². The maximum absolute atomic E-state index is 13.7. The third-order valence-electron chi connectivity index (χ3n) is 2.89. The molecule has 0 spiro atoms. The summed E-state index contributed by atoms with van der Waals surface area (Å²) < 4.78 is 21.7. The van der Waals surface area contributed by atoms with Crippen LogP contribution in [0.1, 0.15) is 0 Å². The Labute approximate surface area is 121 Å². The SMILES string of the molecule is C[Si](C)(C)CCOCn1ncc2c(F)cc(Br)cc21. The third-order valence-corrected chi connectivity index (χ3v) is 5.05. The molecule has 0 radical (unpaired) electrons. The number of nitrogens with zero attached hydrogens (tertiary/aromatic N) is 2. The number of ether oxygens (including phenoxy) is 1. The van der Waals surface area contributed by atoms with Crippen molar-refractivity contribution in [1.82, 2.24) is 9.78 Å². The van der Waals surface area contributed by atoms with Gasteiger partial charge in [-0.1, -0.05) is 35.6 Å². The third kappa shape index (κ3) is 3.87. The van der Waals surface area contributed by atoms with Crippen LogP contribution in [0.15, 0.2) is 22.8 Å². The molecule has 0 aliphatic heterocycles. The number of fused-ring (bicyclic) bond motifs is 1. The van der Waals surface area contributed by atoms with Crippen molar-refractivity contribution in [1.29, 1.82) is 0 Å². The largest absolute Gasteiger partial charge is 0.360 e. The van der Waals surface area contributed by atoms with E-state index in [1.54, 1.807) is 10.9 Å². The van der Waals surface area contributed by atoms with Gasteiger partial charge in [-0.25, -0.2) is 9.07 Å². The zero-order valence-electron chi connectivity index (χ0n) is 11.4. The molecule has 0 N–H and O–H groups in total. The Hall–Kier alpha value is -0.723. The van der Waals surface area contributed by atoms with Crippen LogP contribution in [0.2, 0.25) is 25.7 Å². The van der Waals surface area contributed by atoms with Crippen molar-refractivity contribution < 1.29 is 9.13 Å². The summed E-state index contributed by atoms with van der Waals surface area (Å²) in [5.74, 6) is -0.266. The van der Waals surface area contributed by atoms with E-state index in [-0.39, 0.29) is 5.82 Å². The number of hydrogen-bond donors (Lipinski definition) is 0. The number of rotatable bonds is 5. The van der Waals surface area contributed by atoms with Crippen molar-refractivity contribution in [2.24, 2.45) is 0 Å². The van der Waals surface area contributed by atoms with E-state index in [2.05, 4.69) is 40.7 Å². The zero-order chi connectivity index (χ0) is 14.0. The predicted octanol–water partition coefficient (Wildman–Crippen LogP) is 4.25. The molecule has 1 aromatic heterocycles. The Bertz CT molecular complexity index is 580. The van der Waals surface area contributed by atoms with E-state index in [0.717, 1.165) is 18.2 Å². The topological polar surface area (TPSA) is 27.1 Å². The van der Waals surface area contributed by atoms with Crippen molar-refractivity contribution in [3.63, 3.8) is 0 Å². The second-order valence-electron chi connectivity index (χ2n) is 5.81. The molecule has 0 aliphatic carbocycles. The minimum Gasteiger partial charge on any atom is -0.360 e. The summed E-state index contributed by atoms with van der Waals surface area (Å²) in [7, 11) is -1.07. The van der Waals surface area contributed by atoms with Gasteiger partial charge in [0.25, 0.3) is 0 Å². The van der Waals surface area contributed by atoms with Gasteiger partial charge in [0.1, 0.15) is 12.5 Å². The van der Waals surface area contributed by atoms with Gasteiger partial charge in [-0.15, -0.1) is 0 Å². The van der Waals surface area contributed by atoms with Gasteiger partial charge in [0.2, 0.25) is 0 Å². The van der Waals surface area contributed by atoms with Gasteiger partial charge >= 0.3 is 0 Å². The van der Waals surface area contributed by atoms with Gasteiger partial charge in [-0.2, -0.15) is 5.10 Å². The van der Waals surface area contributed by atoms with E-state index in [4.69, 9.17) is 4.74 Å². The Balaban J connectivity index is 2.05. The Morgan fingerprint density at radius 2 is 2.11 bits per heavy atom. The second-order valence-corrected chi connectivity index (χ2v) is 12.3. The molecule has 0 bridgehead atoms. The van der Waals surface area contributed by atoms with Crippen LogP contribution in [0, 0.1) is 5.82 Å². The molecule has 0 saturated heterocycles. The number of hydrogen-bond acceptors (Lipinski definition) is 2. The van der Waals surface area contributed by atoms with Crippen molar-refractivity contribution in [2.75, 3.05) is 6.61 Å². The van der Waals surface area contributed by atoms with Crippen LogP contribution in [0.4, 0.5) is 4.39 Å². The molecule has 0 fully saturated rings. The smallest absolute Gasteiger partial charge is 0.139 e. The summed E-state index contributed by atoms with van der Waals surface area (Å²) >= 11 is 3.29. The number of benzene rings is 1. The highest BCUT2D eigenvalue weighted by Crippen LogP contribution is 2.23. The minimum absolute atomic E-state index is 0.266. The van der Waals surface area contributed by atoms with Crippen LogP contribution in [0.3, 0.4) is 0 Å². The van der Waals surface area contributed by atoms with Gasteiger partial charge in [-0.05, 0) is 18.2 Å². The highest BCUT2D eigenvalue weighted by molar-refractivity contribution is 9.10. The molecule has 0 aliphatic rings.